The summed E-state index contributed by atoms with van der Waals surface area (Å²) in [6.45, 7) is 2.59. The van der Waals surface area contributed by atoms with Crippen LogP contribution in [-0.4, -0.2) is 22.9 Å². The van der Waals surface area contributed by atoms with Crippen LogP contribution in [0.25, 0.3) is 0 Å². The van der Waals surface area contributed by atoms with E-state index in [0.29, 0.717) is 17.4 Å². The Bertz CT molecular complexity index is 476. The lowest BCUT2D eigenvalue weighted by atomic mass is 9.80. The molecule has 0 saturated heterocycles. The minimum Gasteiger partial charge on any atom is -0.508 e. The third kappa shape index (κ3) is 3.75. The normalized spacial score (nSPS) is 22.5. The van der Waals surface area contributed by atoms with Gasteiger partial charge >= 0.3 is 0 Å². The van der Waals surface area contributed by atoms with Crippen molar-refractivity contribution in [2.24, 2.45) is 11.8 Å². The minimum absolute atomic E-state index is 0.0404. The van der Waals surface area contributed by atoms with Crippen molar-refractivity contribution in [3.8, 4) is 5.75 Å². The summed E-state index contributed by atoms with van der Waals surface area (Å²) in [4.78, 5) is 12.2. The summed E-state index contributed by atoms with van der Waals surface area (Å²) in [5.41, 5.74) is 1.46. The van der Waals surface area contributed by atoms with E-state index in [9.17, 15) is 9.90 Å². The number of aromatic hydroxyl groups is 1. The van der Waals surface area contributed by atoms with Crippen LogP contribution in [0.2, 0.25) is 0 Å². The van der Waals surface area contributed by atoms with E-state index in [4.69, 9.17) is 0 Å². The Kier molecular flexibility index (Phi) is 5.46. The van der Waals surface area contributed by atoms with Crippen LogP contribution >= 0.6 is 15.9 Å². The molecule has 3 nitrogen and oxygen atoms in total. The fourth-order valence-corrected chi connectivity index (χ4v) is 3.83. The molecule has 0 heterocycles. The molecule has 2 rings (SSSR count). The Morgan fingerprint density at radius 1 is 1.35 bits per heavy atom. The van der Waals surface area contributed by atoms with E-state index in [0.717, 1.165) is 17.4 Å². The van der Waals surface area contributed by atoms with Crippen molar-refractivity contribution in [1.82, 2.24) is 5.32 Å². The zero-order valence-electron chi connectivity index (χ0n) is 11.9. The van der Waals surface area contributed by atoms with Crippen LogP contribution in [0.4, 0.5) is 0 Å². The van der Waals surface area contributed by atoms with Crippen molar-refractivity contribution in [2.75, 3.05) is 11.9 Å². The second kappa shape index (κ2) is 7.11. The topological polar surface area (TPSA) is 49.3 Å². The van der Waals surface area contributed by atoms with Crippen molar-refractivity contribution in [2.45, 2.75) is 32.6 Å². The summed E-state index contributed by atoms with van der Waals surface area (Å²) in [6, 6.07) is 4.86. The first kappa shape index (κ1) is 15.4. The van der Waals surface area contributed by atoms with Crippen molar-refractivity contribution in [3.05, 3.63) is 29.3 Å². The molecule has 0 bridgehead atoms. The van der Waals surface area contributed by atoms with Gasteiger partial charge in [-0.25, -0.2) is 0 Å². The largest absolute Gasteiger partial charge is 0.508 e. The molecular formula is C16H22BrNO2. The molecule has 110 valence electrons. The number of phenols is 1. The Morgan fingerprint density at radius 2 is 2.05 bits per heavy atom. The molecule has 1 aliphatic rings. The van der Waals surface area contributed by atoms with Crippen LogP contribution in [-0.2, 0) is 0 Å². The molecule has 1 aromatic rings. The molecule has 0 radical (unpaired) electrons. The number of hydrogen-bond acceptors (Lipinski definition) is 2. The number of halogens is 1. The smallest absolute Gasteiger partial charge is 0.251 e. The second-order valence-corrected chi connectivity index (χ2v) is 6.32. The van der Waals surface area contributed by atoms with Crippen LogP contribution in [0.1, 0.15) is 41.6 Å². The van der Waals surface area contributed by atoms with E-state index in [-0.39, 0.29) is 11.7 Å². The van der Waals surface area contributed by atoms with E-state index in [1.807, 2.05) is 6.92 Å². The first-order valence-electron chi connectivity index (χ1n) is 7.25. The van der Waals surface area contributed by atoms with Gasteiger partial charge in [-0.1, -0.05) is 28.8 Å². The highest BCUT2D eigenvalue weighted by Crippen LogP contribution is 2.30. The fraction of sp³-hybridized carbons (Fsp3) is 0.562. The SMILES string of the molecule is Cc1cc(O)ccc1C(=O)NCC1CCCCC1CBr. The van der Waals surface area contributed by atoms with Gasteiger partial charge in [0.25, 0.3) is 5.91 Å². The predicted octanol–water partition coefficient (Wildman–Crippen LogP) is 3.63. The lowest BCUT2D eigenvalue weighted by Crippen LogP contribution is -2.35. The highest BCUT2D eigenvalue weighted by molar-refractivity contribution is 9.09. The Labute approximate surface area is 128 Å². The maximum absolute atomic E-state index is 12.2. The van der Waals surface area contributed by atoms with Gasteiger partial charge in [0.1, 0.15) is 5.75 Å². The Morgan fingerprint density at radius 3 is 2.70 bits per heavy atom. The summed E-state index contributed by atoms with van der Waals surface area (Å²) in [5.74, 6) is 1.40. The maximum Gasteiger partial charge on any atom is 0.251 e. The average Bonchev–Trinajstić information content (AvgIpc) is 2.45. The predicted molar refractivity (Wildman–Crippen MR) is 84.4 cm³/mol. The molecule has 0 aliphatic heterocycles. The molecule has 1 fully saturated rings. The van der Waals surface area contributed by atoms with Gasteiger partial charge in [0, 0.05) is 17.4 Å². The van der Waals surface area contributed by atoms with Crippen LogP contribution < -0.4 is 5.32 Å². The molecule has 1 aliphatic carbocycles. The summed E-state index contributed by atoms with van der Waals surface area (Å²) < 4.78 is 0. The van der Waals surface area contributed by atoms with Gasteiger partial charge in [-0.3, -0.25) is 4.79 Å². The van der Waals surface area contributed by atoms with Gasteiger partial charge in [0.15, 0.2) is 0 Å². The van der Waals surface area contributed by atoms with Gasteiger partial charge < -0.3 is 10.4 Å². The molecule has 20 heavy (non-hydrogen) atoms. The molecule has 1 aromatic carbocycles. The lowest BCUT2D eigenvalue weighted by Gasteiger charge is -2.30. The number of benzene rings is 1. The lowest BCUT2D eigenvalue weighted by molar-refractivity contribution is 0.0936. The number of alkyl halides is 1. The van der Waals surface area contributed by atoms with E-state index in [2.05, 4.69) is 21.2 Å². The monoisotopic (exact) mass is 339 g/mol. The van der Waals surface area contributed by atoms with Gasteiger partial charge in [-0.05, 0) is 55.4 Å². The molecule has 2 unspecified atom stereocenters. The van der Waals surface area contributed by atoms with Crippen molar-refractivity contribution in [3.63, 3.8) is 0 Å². The first-order chi connectivity index (χ1) is 9.61. The number of rotatable bonds is 4. The standard InChI is InChI=1S/C16H22BrNO2/c1-11-8-14(19)6-7-15(11)16(20)18-10-13-5-3-2-4-12(13)9-17/h6-8,12-13,19H,2-5,9-10H2,1H3,(H,18,20). The number of aryl methyl sites for hydroxylation is 1. The quantitative estimate of drug-likeness (QED) is 0.823. The number of nitrogens with one attached hydrogen (secondary N) is 1. The molecular weight excluding hydrogens is 318 g/mol. The number of hydrogen-bond donors (Lipinski definition) is 2. The maximum atomic E-state index is 12.2. The molecule has 0 aromatic heterocycles. The summed E-state index contributed by atoms with van der Waals surface area (Å²) >= 11 is 3.58. The van der Waals surface area contributed by atoms with Crippen molar-refractivity contribution in [1.29, 1.82) is 0 Å². The van der Waals surface area contributed by atoms with Gasteiger partial charge in [0.2, 0.25) is 0 Å². The first-order valence-corrected chi connectivity index (χ1v) is 8.37. The molecule has 4 heteroatoms. The molecule has 2 N–H and O–H groups in total. The average molecular weight is 340 g/mol. The molecule has 0 spiro atoms. The van der Waals surface area contributed by atoms with Crippen molar-refractivity contribution >= 4 is 21.8 Å². The zero-order valence-corrected chi connectivity index (χ0v) is 13.4. The minimum atomic E-state index is -0.0404. The zero-order chi connectivity index (χ0) is 14.5. The summed E-state index contributed by atoms with van der Waals surface area (Å²) in [6.07, 6.45) is 5.02. The molecule has 1 amide bonds. The Hall–Kier alpha value is -1.03. The van der Waals surface area contributed by atoms with E-state index >= 15 is 0 Å². The molecule has 1 saturated carbocycles. The van der Waals surface area contributed by atoms with E-state index in [1.54, 1.807) is 18.2 Å². The number of amides is 1. The number of carbonyl (C=O) groups is 1. The van der Waals surface area contributed by atoms with Crippen LogP contribution in [0.5, 0.6) is 5.75 Å². The summed E-state index contributed by atoms with van der Waals surface area (Å²) in [7, 11) is 0. The van der Waals surface area contributed by atoms with Crippen molar-refractivity contribution < 1.29 is 9.90 Å². The highest BCUT2D eigenvalue weighted by atomic mass is 79.9. The third-order valence-electron chi connectivity index (χ3n) is 4.24. The van der Waals surface area contributed by atoms with Gasteiger partial charge in [-0.2, -0.15) is 0 Å². The van der Waals surface area contributed by atoms with Crippen LogP contribution in [0.3, 0.4) is 0 Å². The third-order valence-corrected chi connectivity index (χ3v) is 5.08. The highest BCUT2D eigenvalue weighted by Gasteiger charge is 2.24. The number of carbonyl (C=O) groups excluding carboxylic acids is 1. The van der Waals surface area contributed by atoms with Crippen LogP contribution in [0.15, 0.2) is 18.2 Å². The summed E-state index contributed by atoms with van der Waals surface area (Å²) in [5, 5.41) is 13.5. The van der Waals surface area contributed by atoms with Crippen LogP contribution in [0, 0.1) is 18.8 Å². The number of phenolic OH excluding ortho intramolecular Hbond substituents is 1. The Balaban J connectivity index is 1.94. The van der Waals surface area contributed by atoms with E-state index in [1.165, 1.54) is 25.7 Å². The molecule has 2 atom stereocenters. The van der Waals surface area contributed by atoms with Gasteiger partial charge in [-0.15, -0.1) is 0 Å². The second-order valence-electron chi connectivity index (χ2n) is 5.67. The van der Waals surface area contributed by atoms with Gasteiger partial charge in [0.05, 0.1) is 0 Å². The van der Waals surface area contributed by atoms with E-state index < -0.39 is 0 Å². The fourth-order valence-electron chi connectivity index (χ4n) is 2.98.